The lowest BCUT2D eigenvalue weighted by Gasteiger charge is -2.50. The van der Waals surface area contributed by atoms with E-state index in [0.29, 0.717) is 31.2 Å². The lowest BCUT2D eigenvalue weighted by molar-refractivity contribution is 0.00357. The van der Waals surface area contributed by atoms with Crippen molar-refractivity contribution >= 4 is 6.03 Å². The lowest BCUT2D eigenvalue weighted by Crippen LogP contribution is -2.55. The van der Waals surface area contributed by atoms with Gasteiger partial charge in [0.05, 0.1) is 12.0 Å². The Labute approximate surface area is 209 Å². The number of amides is 2. The van der Waals surface area contributed by atoms with Gasteiger partial charge in [-0.05, 0) is 36.2 Å². The zero-order valence-electron chi connectivity index (χ0n) is 20.5. The highest BCUT2D eigenvalue weighted by Crippen LogP contribution is 2.47. The van der Waals surface area contributed by atoms with Crippen molar-refractivity contribution in [1.29, 1.82) is 0 Å². The molecule has 1 spiro atoms. The van der Waals surface area contributed by atoms with Crippen LogP contribution >= 0.6 is 0 Å². The first-order valence-electron chi connectivity index (χ1n) is 12.6. The van der Waals surface area contributed by atoms with Crippen LogP contribution in [0, 0.1) is 11.3 Å². The molecule has 1 aromatic heterocycles. The molecule has 35 heavy (non-hydrogen) atoms. The Kier molecular flexibility index (Phi) is 8.01. The number of likely N-dealkylation sites (tertiary alicyclic amines) is 1. The van der Waals surface area contributed by atoms with Gasteiger partial charge in [0.15, 0.2) is 0 Å². The second-order valence-electron chi connectivity index (χ2n) is 9.80. The number of allylic oxidation sites excluding steroid dienone is 2. The third-order valence-electron chi connectivity index (χ3n) is 7.66. The number of nitrogens with zero attached hydrogens (tertiary/aromatic N) is 3. The summed E-state index contributed by atoms with van der Waals surface area (Å²) in [5.41, 5.74) is 2.61. The molecule has 6 nitrogen and oxygen atoms in total. The molecule has 0 bridgehead atoms. The molecule has 2 aromatic rings. The first-order chi connectivity index (χ1) is 17.0. The SMILES string of the molecule is C=C/C=C(\C=C)CNC(=O)N1CCC(Cn2cnc(-c3ccccc3)cc2=O)C2(CCCCC2)C1.[HH]. The third-order valence-corrected chi connectivity index (χ3v) is 7.66. The van der Waals surface area contributed by atoms with Gasteiger partial charge in [0.1, 0.15) is 0 Å². The van der Waals surface area contributed by atoms with E-state index in [2.05, 4.69) is 23.5 Å². The van der Waals surface area contributed by atoms with Gasteiger partial charge in [0.25, 0.3) is 5.56 Å². The molecule has 2 amide bonds. The van der Waals surface area contributed by atoms with Gasteiger partial charge in [0.2, 0.25) is 0 Å². The van der Waals surface area contributed by atoms with Crippen LogP contribution in [0.25, 0.3) is 11.3 Å². The van der Waals surface area contributed by atoms with Gasteiger partial charge in [-0.3, -0.25) is 9.36 Å². The number of carbonyl (C=O) groups excluding carboxylic acids is 1. The fourth-order valence-corrected chi connectivity index (χ4v) is 5.69. The molecule has 2 heterocycles. The fraction of sp³-hybridized carbons (Fsp3) is 0.414. The Morgan fingerprint density at radius 3 is 2.66 bits per heavy atom. The molecule has 1 atom stereocenters. The van der Waals surface area contributed by atoms with Gasteiger partial charge < -0.3 is 10.2 Å². The quantitative estimate of drug-likeness (QED) is 0.544. The predicted octanol–water partition coefficient (Wildman–Crippen LogP) is 5.44. The Bertz CT molecular complexity index is 1140. The maximum Gasteiger partial charge on any atom is 0.317 e. The number of benzene rings is 1. The molecule has 1 saturated carbocycles. The molecule has 1 aliphatic heterocycles. The average molecular weight is 475 g/mol. The van der Waals surface area contributed by atoms with Gasteiger partial charge in [-0.15, -0.1) is 0 Å². The standard InChI is InChI=1S/C29H36N4O2.H2/c1-3-11-23(4-2)19-30-28(35)32-17-14-25(29(21-32)15-9-6-10-16-29)20-33-22-31-26(18-27(33)34)24-12-7-5-8-13-24;/h3-5,7-8,11-13,18,22,25H,1-2,6,9-10,14-17,19-21H2,(H,30,35);1H/b23-11+;. The van der Waals surface area contributed by atoms with Crippen LogP contribution in [-0.2, 0) is 6.54 Å². The van der Waals surface area contributed by atoms with Crippen LogP contribution in [-0.4, -0.2) is 40.1 Å². The number of hydrogen-bond donors (Lipinski definition) is 1. The number of urea groups is 1. The van der Waals surface area contributed by atoms with E-state index in [-0.39, 0.29) is 18.4 Å². The molecule has 1 unspecified atom stereocenters. The predicted molar refractivity (Wildman–Crippen MR) is 143 cm³/mol. The number of hydrogen-bond acceptors (Lipinski definition) is 3. The lowest BCUT2D eigenvalue weighted by atomic mass is 9.62. The summed E-state index contributed by atoms with van der Waals surface area (Å²) in [7, 11) is 0. The largest absolute Gasteiger partial charge is 0.334 e. The third kappa shape index (κ3) is 5.81. The Morgan fingerprint density at radius 1 is 1.20 bits per heavy atom. The number of nitrogens with one attached hydrogen (secondary N) is 1. The highest BCUT2D eigenvalue weighted by molar-refractivity contribution is 5.74. The Morgan fingerprint density at radius 2 is 1.97 bits per heavy atom. The molecule has 1 aromatic carbocycles. The highest BCUT2D eigenvalue weighted by atomic mass is 16.2. The summed E-state index contributed by atoms with van der Waals surface area (Å²) in [4.78, 5) is 32.5. The molecule has 2 aliphatic rings. The molecule has 186 valence electrons. The summed E-state index contributed by atoms with van der Waals surface area (Å²) in [6, 6.07) is 11.4. The number of carbonyl (C=O) groups is 1. The van der Waals surface area contributed by atoms with Crippen LogP contribution in [0.3, 0.4) is 0 Å². The van der Waals surface area contributed by atoms with Crippen LogP contribution in [0.4, 0.5) is 4.79 Å². The summed E-state index contributed by atoms with van der Waals surface area (Å²) in [5.74, 6) is 0.346. The second kappa shape index (κ2) is 11.3. The van der Waals surface area contributed by atoms with Crippen molar-refractivity contribution in [2.45, 2.75) is 45.1 Å². The first-order valence-corrected chi connectivity index (χ1v) is 12.6. The Balaban J connectivity index is 0.00000361. The van der Waals surface area contributed by atoms with Crippen molar-refractivity contribution < 1.29 is 6.22 Å². The smallest absolute Gasteiger partial charge is 0.317 e. The zero-order valence-corrected chi connectivity index (χ0v) is 20.5. The summed E-state index contributed by atoms with van der Waals surface area (Å²) in [5, 5.41) is 3.04. The maximum absolute atomic E-state index is 13.0. The van der Waals surface area contributed by atoms with E-state index in [1.54, 1.807) is 29.1 Å². The first kappa shape index (κ1) is 24.7. The maximum atomic E-state index is 13.0. The minimum absolute atomic E-state index is 0. The fourth-order valence-electron chi connectivity index (χ4n) is 5.69. The van der Waals surface area contributed by atoms with E-state index in [1.807, 2.05) is 41.3 Å². The van der Waals surface area contributed by atoms with E-state index in [9.17, 15) is 9.59 Å². The molecule has 0 radical (unpaired) electrons. The van der Waals surface area contributed by atoms with Crippen molar-refractivity contribution in [1.82, 2.24) is 19.8 Å². The van der Waals surface area contributed by atoms with Crippen molar-refractivity contribution in [2.24, 2.45) is 11.3 Å². The number of piperidine rings is 1. The van der Waals surface area contributed by atoms with E-state index in [1.165, 1.54) is 19.3 Å². The van der Waals surface area contributed by atoms with Crippen LogP contribution in [0.5, 0.6) is 0 Å². The van der Waals surface area contributed by atoms with E-state index in [4.69, 9.17) is 0 Å². The van der Waals surface area contributed by atoms with Crippen LogP contribution in [0.15, 0.2) is 84.5 Å². The Hall–Kier alpha value is -3.41. The minimum atomic E-state index is -0.0312. The minimum Gasteiger partial charge on any atom is -0.334 e. The summed E-state index contributed by atoms with van der Waals surface area (Å²) in [6.45, 7) is 10.0. The van der Waals surface area contributed by atoms with Gasteiger partial charge in [0, 0.05) is 39.2 Å². The van der Waals surface area contributed by atoms with Gasteiger partial charge >= 0.3 is 6.03 Å². The van der Waals surface area contributed by atoms with Crippen molar-refractivity contribution in [2.75, 3.05) is 19.6 Å². The van der Waals surface area contributed by atoms with Gasteiger partial charge in [-0.1, -0.05) is 81.0 Å². The van der Waals surface area contributed by atoms with Crippen molar-refractivity contribution in [3.63, 3.8) is 0 Å². The summed E-state index contributed by atoms with van der Waals surface area (Å²) >= 11 is 0. The van der Waals surface area contributed by atoms with Crippen LogP contribution < -0.4 is 10.9 Å². The van der Waals surface area contributed by atoms with E-state index in [0.717, 1.165) is 36.9 Å². The molecular weight excluding hydrogens is 436 g/mol. The molecule has 6 heteroatoms. The highest BCUT2D eigenvalue weighted by Gasteiger charge is 2.45. The number of aromatic nitrogens is 2. The molecule has 1 saturated heterocycles. The van der Waals surface area contributed by atoms with Crippen molar-refractivity contribution in [3.05, 3.63) is 90.0 Å². The second-order valence-corrected chi connectivity index (χ2v) is 9.80. The van der Waals surface area contributed by atoms with Crippen molar-refractivity contribution in [3.8, 4) is 11.3 Å². The monoisotopic (exact) mass is 474 g/mol. The summed E-state index contributed by atoms with van der Waals surface area (Å²) < 4.78 is 1.76. The molecule has 2 fully saturated rings. The zero-order chi connectivity index (χ0) is 24.7. The van der Waals surface area contributed by atoms with E-state index >= 15 is 0 Å². The molecule has 4 rings (SSSR count). The van der Waals surface area contributed by atoms with Gasteiger partial charge in [-0.25, -0.2) is 9.78 Å². The van der Waals surface area contributed by atoms with Crippen LogP contribution in [0.1, 0.15) is 40.0 Å². The normalized spacial score (nSPS) is 19.8. The molecule has 1 aliphatic carbocycles. The van der Waals surface area contributed by atoms with E-state index < -0.39 is 0 Å². The molecule has 1 N–H and O–H groups in total. The average Bonchev–Trinajstić information content (AvgIpc) is 2.89. The molecular formula is C29H38N4O2. The summed E-state index contributed by atoms with van der Waals surface area (Å²) in [6.07, 6.45) is 13.7. The van der Waals surface area contributed by atoms with Gasteiger partial charge in [-0.2, -0.15) is 0 Å². The van der Waals surface area contributed by atoms with Crippen LogP contribution in [0.2, 0.25) is 0 Å². The number of rotatable bonds is 7. The topological polar surface area (TPSA) is 67.2 Å².